The summed E-state index contributed by atoms with van der Waals surface area (Å²) in [6.45, 7) is 16.2. The van der Waals surface area contributed by atoms with Gasteiger partial charge in [0.2, 0.25) is 0 Å². The summed E-state index contributed by atoms with van der Waals surface area (Å²) in [6, 6.07) is 51.7. The SMILES string of the molecule is CC(C)c1cc(-c2ccccc2)cc(C(C)C)c1-n1c(-c2[c-]ccc3c2oc2c4c(ccc23)=C2CC=CC=C2CC=4)nc2ccccc21.C[Si](C)(C)c1ccc(-c2[c-]cccc2)nc1.[Ir]. The van der Waals surface area contributed by atoms with E-state index in [0.29, 0.717) is 0 Å². The molecule has 0 unspecified atom stereocenters. The summed E-state index contributed by atoms with van der Waals surface area (Å²) in [6.07, 6.45) is 12.9. The van der Waals surface area contributed by atoms with Gasteiger partial charge >= 0.3 is 0 Å². The standard InChI is InChI=1S/C45H37N2O.C14H16NSi.Ir/c1-27(2)38-25-31(29-13-6-5-7-14-29)26-39(28(3)4)42(38)47-41-20-11-10-19-40(41)46-45(47)37-18-12-17-34-36-24-23-33-32-16-9-8-15-30(32)21-22-35(33)43(36)48-44(34)37;1-16(2,3)13-9-10-14(15-11-13)12-7-5-4-6-8-12;/h5-15,17,19-20,22-28H,16,21H2,1-4H3;4-7,9-11H,1-3H3;/q2*-1;. The molecule has 2 aliphatic rings. The minimum atomic E-state index is -1.23. The molecule has 0 spiro atoms. The van der Waals surface area contributed by atoms with E-state index in [2.05, 4.69) is 190 Å². The average molecular weight is 1040 g/mol. The maximum Gasteiger partial charge on any atom is 0.128 e. The molecule has 0 fully saturated rings. The number of allylic oxidation sites excluding steroid dienone is 4. The second-order valence-corrected chi connectivity index (χ2v) is 23.8. The molecule has 0 aliphatic heterocycles. The van der Waals surface area contributed by atoms with E-state index in [1.807, 2.05) is 36.5 Å². The molecule has 0 N–H and O–H groups in total. The van der Waals surface area contributed by atoms with Crippen LogP contribution < -0.4 is 15.6 Å². The molecule has 0 atom stereocenters. The number of imidazole rings is 1. The van der Waals surface area contributed by atoms with Gasteiger partial charge in [-0.2, -0.15) is 0 Å². The summed E-state index contributed by atoms with van der Waals surface area (Å²) >= 11 is 0. The quantitative estimate of drug-likeness (QED) is 0.118. The van der Waals surface area contributed by atoms with Crippen molar-refractivity contribution in [3.63, 3.8) is 0 Å². The van der Waals surface area contributed by atoms with Crippen molar-refractivity contribution in [3.8, 4) is 39.5 Å². The smallest absolute Gasteiger partial charge is 0.128 e. The Morgan fingerprint density at radius 2 is 1.45 bits per heavy atom. The van der Waals surface area contributed by atoms with Crippen molar-refractivity contribution in [2.24, 2.45) is 0 Å². The summed E-state index contributed by atoms with van der Waals surface area (Å²) in [5, 5.41) is 6.10. The Bertz CT molecular complexity index is 3380. The van der Waals surface area contributed by atoms with Crippen LogP contribution in [0.3, 0.4) is 0 Å². The van der Waals surface area contributed by atoms with Crippen LogP contribution in [0.25, 0.3) is 84.1 Å². The molecule has 325 valence electrons. The molecular formula is C59H53IrN3OSi-2. The molecule has 65 heavy (non-hydrogen) atoms. The molecule has 3 aromatic heterocycles. The second kappa shape index (κ2) is 18.0. The maximum absolute atomic E-state index is 6.97. The monoisotopic (exact) mass is 1040 g/mol. The zero-order chi connectivity index (χ0) is 44.1. The number of fused-ring (bicyclic) bond motifs is 7. The number of pyridine rings is 1. The second-order valence-electron chi connectivity index (χ2n) is 18.7. The number of hydrogen-bond acceptors (Lipinski definition) is 3. The molecule has 0 saturated heterocycles. The first-order valence-electron chi connectivity index (χ1n) is 22.7. The molecule has 2 aliphatic carbocycles. The molecule has 11 rings (SSSR count). The normalized spacial score (nSPS) is 13.3. The molecule has 6 aromatic carbocycles. The summed E-state index contributed by atoms with van der Waals surface area (Å²) in [5.74, 6) is 1.43. The predicted octanol–water partition coefficient (Wildman–Crippen LogP) is 13.6. The van der Waals surface area contributed by atoms with Gasteiger partial charge in [-0.05, 0) is 98.4 Å². The molecular weight excluding hydrogens is 987 g/mol. The minimum Gasteiger partial charge on any atom is -0.500 e. The fraction of sp³-hybridized carbons (Fsp3) is 0.186. The number of hydrogen-bond donors (Lipinski definition) is 0. The third-order valence-electron chi connectivity index (χ3n) is 12.8. The van der Waals surface area contributed by atoms with Crippen LogP contribution in [0.5, 0.6) is 0 Å². The van der Waals surface area contributed by atoms with Gasteiger partial charge in [0.05, 0.1) is 30.5 Å². The van der Waals surface area contributed by atoms with Crippen molar-refractivity contribution < 1.29 is 24.5 Å². The number of para-hydroxylation sites is 2. The maximum atomic E-state index is 6.97. The summed E-state index contributed by atoms with van der Waals surface area (Å²) in [4.78, 5) is 9.87. The van der Waals surface area contributed by atoms with Gasteiger partial charge in [0, 0.05) is 42.6 Å². The number of nitrogens with zero attached hydrogens (tertiary/aromatic N) is 3. The molecule has 9 aromatic rings. The van der Waals surface area contributed by atoms with E-state index in [9.17, 15) is 0 Å². The summed E-state index contributed by atoms with van der Waals surface area (Å²) in [5.41, 5.74) is 15.9. The van der Waals surface area contributed by atoms with E-state index in [0.717, 1.165) is 68.5 Å². The Morgan fingerprint density at radius 3 is 2.15 bits per heavy atom. The topological polar surface area (TPSA) is 43.9 Å². The van der Waals surface area contributed by atoms with Crippen LogP contribution in [-0.2, 0) is 20.1 Å². The third kappa shape index (κ3) is 8.25. The van der Waals surface area contributed by atoms with Crippen molar-refractivity contribution in [1.29, 1.82) is 0 Å². The fourth-order valence-corrected chi connectivity index (χ4v) is 10.4. The number of benzene rings is 6. The third-order valence-corrected chi connectivity index (χ3v) is 14.8. The molecule has 0 bridgehead atoms. The van der Waals surface area contributed by atoms with E-state index < -0.39 is 8.07 Å². The van der Waals surface area contributed by atoms with Gasteiger partial charge in [0.1, 0.15) is 5.58 Å². The largest absolute Gasteiger partial charge is 0.500 e. The van der Waals surface area contributed by atoms with Crippen molar-refractivity contribution in [3.05, 3.63) is 191 Å². The fourth-order valence-electron chi connectivity index (χ4n) is 9.33. The molecule has 0 amide bonds. The van der Waals surface area contributed by atoms with Gasteiger partial charge in [-0.25, -0.2) is 0 Å². The summed E-state index contributed by atoms with van der Waals surface area (Å²) < 4.78 is 9.35. The van der Waals surface area contributed by atoms with Gasteiger partial charge in [-0.1, -0.05) is 149 Å². The van der Waals surface area contributed by atoms with Gasteiger partial charge in [0.25, 0.3) is 0 Å². The Morgan fingerprint density at radius 1 is 0.708 bits per heavy atom. The zero-order valence-corrected chi connectivity index (χ0v) is 41.6. The molecule has 0 saturated carbocycles. The van der Waals surface area contributed by atoms with Crippen molar-refractivity contribution in [2.45, 2.75) is 72.0 Å². The zero-order valence-electron chi connectivity index (χ0n) is 38.2. The van der Waals surface area contributed by atoms with Gasteiger partial charge < -0.3 is 14.0 Å². The van der Waals surface area contributed by atoms with Crippen LogP contribution in [0.4, 0.5) is 0 Å². The minimum absolute atomic E-state index is 0. The Kier molecular flexibility index (Phi) is 12.2. The van der Waals surface area contributed by atoms with E-state index >= 15 is 0 Å². The number of furan rings is 1. The Hall–Kier alpha value is -6.17. The van der Waals surface area contributed by atoms with Gasteiger partial charge in [-0.3, -0.25) is 4.98 Å². The van der Waals surface area contributed by atoms with Gasteiger partial charge in [0.15, 0.2) is 0 Å². The Labute approximate surface area is 397 Å². The molecule has 6 heteroatoms. The van der Waals surface area contributed by atoms with Crippen LogP contribution in [0.15, 0.2) is 162 Å². The molecule has 4 nitrogen and oxygen atoms in total. The van der Waals surface area contributed by atoms with Crippen LogP contribution in [0.2, 0.25) is 19.6 Å². The molecule has 1 radical (unpaired) electrons. The number of rotatable bonds is 7. The van der Waals surface area contributed by atoms with Crippen LogP contribution in [0.1, 0.15) is 63.5 Å². The van der Waals surface area contributed by atoms with Crippen molar-refractivity contribution in [2.75, 3.05) is 0 Å². The van der Waals surface area contributed by atoms with E-state index in [1.165, 1.54) is 54.7 Å². The first-order valence-corrected chi connectivity index (χ1v) is 26.2. The summed E-state index contributed by atoms with van der Waals surface area (Å²) in [7, 11) is -1.23. The van der Waals surface area contributed by atoms with Gasteiger partial charge in [-0.15, -0.1) is 54.1 Å². The average Bonchev–Trinajstić information content (AvgIpc) is 3.91. The van der Waals surface area contributed by atoms with Crippen LogP contribution in [-0.4, -0.2) is 22.6 Å². The van der Waals surface area contributed by atoms with Crippen LogP contribution >= 0.6 is 0 Å². The first kappa shape index (κ1) is 44.0. The first-order chi connectivity index (χ1) is 31.0. The predicted molar refractivity (Wildman–Crippen MR) is 271 cm³/mol. The van der Waals surface area contributed by atoms with E-state index in [4.69, 9.17) is 9.40 Å². The van der Waals surface area contributed by atoms with E-state index in [-0.39, 0.29) is 31.9 Å². The Balaban J connectivity index is 0.000000266. The number of aromatic nitrogens is 3. The van der Waals surface area contributed by atoms with Crippen molar-refractivity contribution in [1.82, 2.24) is 14.5 Å². The van der Waals surface area contributed by atoms with Crippen LogP contribution in [0, 0.1) is 12.1 Å². The van der Waals surface area contributed by atoms with E-state index in [1.54, 1.807) is 0 Å². The molecule has 3 heterocycles. The van der Waals surface area contributed by atoms with Crippen molar-refractivity contribution >= 4 is 57.9 Å².